The van der Waals surface area contributed by atoms with Gasteiger partial charge in [-0.25, -0.2) is 15.0 Å². The summed E-state index contributed by atoms with van der Waals surface area (Å²) in [6.07, 6.45) is 6.07. The quantitative estimate of drug-likeness (QED) is 0.195. The summed E-state index contributed by atoms with van der Waals surface area (Å²) >= 11 is 1.51. The molecule has 9 nitrogen and oxygen atoms in total. The molecule has 0 spiro atoms. The zero-order valence-electron chi connectivity index (χ0n) is 20.1. The van der Waals surface area contributed by atoms with E-state index in [0.29, 0.717) is 24.4 Å². The van der Waals surface area contributed by atoms with Gasteiger partial charge in [0.25, 0.3) is 0 Å². The average Bonchev–Trinajstić information content (AvgIpc) is 3.62. The van der Waals surface area contributed by atoms with E-state index >= 15 is 0 Å². The monoisotopic (exact) mass is 507 g/mol. The van der Waals surface area contributed by atoms with Gasteiger partial charge in [0.05, 0.1) is 17.5 Å². The van der Waals surface area contributed by atoms with Crippen LogP contribution in [0.3, 0.4) is 0 Å². The number of thiazole rings is 1. The Hall–Kier alpha value is -2.89. The second-order valence-electron chi connectivity index (χ2n) is 9.33. The Morgan fingerprint density at radius 3 is 2.67 bits per heavy atom. The summed E-state index contributed by atoms with van der Waals surface area (Å²) in [6, 6.07) is 10.2. The number of nitrogens with two attached hydrogens (primary N) is 1. The molecular weight excluding hydrogens is 474 g/mol. The van der Waals surface area contributed by atoms with Crippen LogP contribution < -0.4 is 16.4 Å². The summed E-state index contributed by atoms with van der Waals surface area (Å²) in [5, 5.41) is 32.2. The van der Waals surface area contributed by atoms with Crippen LogP contribution in [0.25, 0.3) is 21.6 Å². The maximum absolute atomic E-state index is 10.9. The molecule has 190 valence electrons. The zero-order chi connectivity index (χ0) is 24.9. The number of nitrogens with one attached hydrogen (secondary N) is 2. The molecule has 0 radical (unpaired) electrons. The number of nitrogen functional groups attached to an aromatic ring is 1. The molecule has 3 aromatic heterocycles. The normalized spacial score (nSPS) is 21.9. The van der Waals surface area contributed by atoms with E-state index in [4.69, 9.17) is 5.73 Å². The van der Waals surface area contributed by atoms with Gasteiger partial charge in [-0.15, -0.1) is 11.3 Å². The lowest BCUT2D eigenvalue weighted by Gasteiger charge is -2.19. The lowest BCUT2D eigenvalue weighted by molar-refractivity contribution is 0.00695. The van der Waals surface area contributed by atoms with Crippen LogP contribution in [0.5, 0.6) is 0 Å². The summed E-state index contributed by atoms with van der Waals surface area (Å²) < 4.78 is 1.94. The van der Waals surface area contributed by atoms with Crippen LogP contribution in [-0.4, -0.2) is 68.1 Å². The highest BCUT2D eigenvalue weighted by Crippen LogP contribution is 2.41. The minimum Gasteiger partial charge on any atom is -0.390 e. The van der Waals surface area contributed by atoms with Gasteiger partial charge in [0.15, 0.2) is 0 Å². The molecule has 36 heavy (non-hydrogen) atoms. The number of benzene rings is 1. The standard InChI is InChI=1S/C26H33N7O2S/c27-24-21-19(26-30-11-12-36-26)15-33(25(21)32-16-31-24)20-13-18(22(34)23(20)35)14-29-9-4-8-28-10-7-17-5-2-1-3-6-17/h1-3,5-6,11-12,15-16,18,20,22-23,28-29,34-35H,4,7-10,13-14H2,(H2,27,31,32)/t18-,20-,22-,23+/m1/s1. The van der Waals surface area contributed by atoms with E-state index in [9.17, 15) is 10.2 Å². The number of hydrogen-bond donors (Lipinski definition) is 5. The van der Waals surface area contributed by atoms with E-state index in [2.05, 4.69) is 49.9 Å². The Morgan fingerprint density at radius 2 is 1.86 bits per heavy atom. The molecule has 0 amide bonds. The van der Waals surface area contributed by atoms with Crippen molar-refractivity contribution in [2.75, 3.05) is 31.9 Å². The van der Waals surface area contributed by atoms with Crippen LogP contribution in [0.2, 0.25) is 0 Å². The van der Waals surface area contributed by atoms with Crippen LogP contribution >= 0.6 is 11.3 Å². The summed E-state index contributed by atoms with van der Waals surface area (Å²) in [6.45, 7) is 3.40. The predicted molar refractivity (Wildman–Crippen MR) is 143 cm³/mol. The fourth-order valence-electron chi connectivity index (χ4n) is 5.09. The number of nitrogens with zero attached hydrogens (tertiary/aromatic N) is 4. The van der Waals surface area contributed by atoms with Crippen LogP contribution in [0.4, 0.5) is 5.82 Å². The van der Waals surface area contributed by atoms with Crippen molar-refractivity contribution < 1.29 is 10.2 Å². The first-order chi connectivity index (χ1) is 17.6. The fourth-order valence-corrected chi connectivity index (χ4v) is 5.74. The first kappa shape index (κ1) is 24.8. The minimum atomic E-state index is -0.896. The third kappa shape index (κ3) is 5.28. The highest BCUT2D eigenvalue weighted by molar-refractivity contribution is 7.13. The minimum absolute atomic E-state index is 0.0593. The maximum atomic E-state index is 10.9. The van der Waals surface area contributed by atoms with Crippen molar-refractivity contribution in [2.45, 2.75) is 37.5 Å². The largest absolute Gasteiger partial charge is 0.390 e. The van der Waals surface area contributed by atoms with Gasteiger partial charge in [0, 0.05) is 35.8 Å². The summed E-state index contributed by atoms with van der Waals surface area (Å²) in [7, 11) is 0. The van der Waals surface area contributed by atoms with Crippen molar-refractivity contribution in [3.63, 3.8) is 0 Å². The van der Waals surface area contributed by atoms with Gasteiger partial charge < -0.3 is 31.1 Å². The predicted octanol–water partition coefficient (Wildman–Crippen LogP) is 2.23. The van der Waals surface area contributed by atoms with Crippen LogP contribution in [-0.2, 0) is 6.42 Å². The van der Waals surface area contributed by atoms with Crippen LogP contribution in [0, 0.1) is 5.92 Å². The first-order valence-corrected chi connectivity index (χ1v) is 13.3. The molecule has 0 bridgehead atoms. The van der Waals surface area contributed by atoms with E-state index in [1.807, 2.05) is 22.2 Å². The smallest absolute Gasteiger partial charge is 0.146 e. The molecule has 4 atom stereocenters. The molecular formula is C26H33N7O2S. The maximum Gasteiger partial charge on any atom is 0.146 e. The first-order valence-electron chi connectivity index (χ1n) is 12.5. The average molecular weight is 508 g/mol. The molecule has 10 heteroatoms. The van der Waals surface area contributed by atoms with Crippen LogP contribution in [0.15, 0.2) is 54.4 Å². The Kier molecular flexibility index (Phi) is 7.88. The van der Waals surface area contributed by atoms with Crippen LogP contribution in [0.1, 0.15) is 24.4 Å². The highest BCUT2D eigenvalue weighted by atomic mass is 32.1. The third-order valence-electron chi connectivity index (χ3n) is 6.98. The van der Waals surface area contributed by atoms with Gasteiger partial charge in [-0.05, 0) is 44.5 Å². The number of hydrogen-bond acceptors (Lipinski definition) is 9. The molecule has 5 rings (SSSR count). The molecule has 1 fully saturated rings. The summed E-state index contributed by atoms with van der Waals surface area (Å²) in [5.74, 6) is 0.323. The lowest BCUT2D eigenvalue weighted by Crippen LogP contribution is -2.34. The molecule has 1 aromatic carbocycles. The molecule has 4 aromatic rings. The van der Waals surface area contributed by atoms with Crippen molar-refractivity contribution in [1.29, 1.82) is 0 Å². The topological polar surface area (TPSA) is 134 Å². The number of aliphatic hydroxyl groups excluding tert-OH is 2. The van der Waals surface area contributed by atoms with Crippen molar-refractivity contribution in [3.05, 3.63) is 60.0 Å². The molecule has 3 heterocycles. The van der Waals surface area contributed by atoms with Crippen molar-refractivity contribution >= 4 is 28.2 Å². The number of rotatable bonds is 11. The number of fused-ring (bicyclic) bond motifs is 1. The molecule has 0 saturated heterocycles. The van der Waals surface area contributed by atoms with Crippen molar-refractivity contribution in [1.82, 2.24) is 30.2 Å². The zero-order valence-corrected chi connectivity index (χ0v) is 20.9. The Bertz CT molecular complexity index is 1250. The van der Waals surface area contributed by atoms with Gasteiger partial charge in [0.2, 0.25) is 0 Å². The third-order valence-corrected chi connectivity index (χ3v) is 7.78. The molecule has 6 N–H and O–H groups in total. The fraction of sp³-hybridized carbons (Fsp3) is 0.423. The second kappa shape index (κ2) is 11.4. The second-order valence-corrected chi connectivity index (χ2v) is 10.2. The van der Waals surface area contributed by atoms with Crippen molar-refractivity contribution in [2.24, 2.45) is 5.92 Å². The summed E-state index contributed by atoms with van der Waals surface area (Å²) in [4.78, 5) is 13.1. The van der Waals surface area contributed by atoms with E-state index < -0.39 is 12.2 Å². The Morgan fingerprint density at radius 1 is 1.03 bits per heavy atom. The van der Waals surface area contributed by atoms with Gasteiger partial charge in [-0.2, -0.15) is 0 Å². The number of aliphatic hydroxyl groups is 2. The molecule has 0 aliphatic heterocycles. The van der Waals surface area contributed by atoms with Crippen molar-refractivity contribution in [3.8, 4) is 10.6 Å². The molecule has 1 saturated carbocycles. The highest BCUT2D eigenvalue weighted by Gasteiger charge is 2.43. The number of anilines is 1. The van der Waals surface area contributed by atoms with E-state index in [1.165, 1.54) is 23.2 Å². The Labute approximate surface area is 214 Å². The van der Waals surface area contributed by atoms with Gasteiger partial charge >= 0.3 is 0 Å². The van der Waals surface area contributed by atoms with E-state index in [1.54, 1.807) is 6.20 Å². The molecule has 0 unspecified atom stereocenters. The number of aromatic nitrogens is 4. The lowest BCUT2D eigenvalue weighted by atomic mass is 10.1. The van der Waals surface area contributed by atoms with Gasteiger partial charge in [-0.3, -0.25) is 0 Å². The van der Waals surface area contributed by atoms with E-state index in [-0.39, 0.29) is 12.0 Å². The Balaban J connectivity index is 1.15. The van der Waals surface area contributed by atoms with Gasteiger partial charge in [0.1, 0.15) is 28.9 Å². The molecule has 1 aliphatic rings. The summed E-state index contributed by atoms with van der Waals surface area (Å²) in [5.41, 5.74) is 9.05. The SMILES string of the molecule is Nc1ncnc2c1c(-c1nccs1)cn2[C@@H]1C[C@H](CNCCCNCCc2ccccc2)[C@@H](O)[C@H]1O. The van der Waals surface area contributed by atoms with E-state index in [0.717, 1.165) is 48.4 Å². The van der Waals surface area contributed by atoms with Gasteiger partial charge in [-0.1, -0.05) is 30.3 Å². The molecule has 1 aliphatic carbocycles.